The van der Waals surface area contributed by atoms with Gasteiger partial charge in [-0.25, -0.2) is 9.67 Å². The molecule has 0 aromatic carbocycles. The van der Waals surface area contributed by atoms with Crippen LogP contribution in [0.3, 0.4) is 0 Å². The fraction of sp³-hybridized carbons (Fsp3) is 0.438. The van der Waals surface area contributed by atoms with Crippen LogP contribution in [-0.2, 0) is 4.79 Å². The molecule has 0 bridgehead atoms. The minimum Gasteiger partial charge on any atom is -0.348 e. The van der Waals surface area contributed by atoms with Crippen LogP contribution in [0.4, 0.5) is 11.5 Å². The highest BCUT2D eigenvalue weighted by Gasteiger charge is 2.29. The molecule has 0 radical (unpaired) electrons. The van der Waals surface area contributed by atoms with Crippen molar-refractivity contribution in [3.63, 3.8) is 0 Å². The van der Waals surface area contributed by atoms with E-state index in [-0.39, 0.29) is 10.7 Å². The second-order valence-corrected chi connectivity index (χ2v) is 6.63. The van der Waals surface area contributed by atoms with Crippen LogP contribution in [0.5, 0.6) is 0 Å². The number of aldehydes is 1. The van der Waals surface area contributed by atoms with Gasteiger partial charge in [-0.1, -0.05) is 11.6 Å². The zero-order valence-electron chi connectivity index (χ0n) is 14.5. The maximum absolute atomic E-state index is 11.7. The molecule has 2 aromatic rings. The molecule has 1 aliphatic rings. The Bertz CT molecular complexity index is 831. The first-order valence-corrected chi connectivity index (χ1v) is 8.55. The van der Waals surface area contributed by atoms with Gasteiger partial charge in [-0.05, 0) is 19.9 Å². The van der Waals surface area contributed by atoms with E-state index in [4.69, 9.17) is 11.6 Å². The van der Waals surface area contributed by atoms with E-state index in [9.17, 15) is 14.9 Å². The van der Waals surface area contributed by atoms with Gasteiger partial charge >= 0.3 is 5.69 Å². The highest BCUT2D eigenvalue weighted by atomic mass is 35.5. The third-order valence-electron chi connectivity index (χ3n) is 4.42. The lowest BCUT2D eigenvalue weighted by Gasteiger charge is -2.37. The van der Waals surface area contributed by atoms with Crippen LogP contribution in [0.1, 0.15) is 17.6 Å². The van der Waals surface area contributed by atoms with Gasteiger partial charge in [0.1, 0.15) is 0 Å². The van der Waals surface area contributed by atoms with E-state index in [0.717, 1.165) is 17.7 Å². The van der Waals surface area contributed by atoms with Crippen LogP contribution in [0.15, 0.2) is 18.3 Å². The smallest absolute Gasteiger partial charge is 0.313 e. The number of hydrogen-bond donors (Lipinski definition) is 0. The first-order valence-electron chi connectivity index (χ1n) is 8.17. The van der Waals surface area contributed by atoms with Crippen LogP contribution in [0.25, 0.3) is 0 Å². The topological polar surface area (TPSA) is 97.4 Å². The molecular formula is C16H19ClN6O3. The Kier molecular flexibility index (Phi) is 5.19. The Morgan fingerprint density at radius 3 is 2.50 bits per heavy atom. The molecule has 0 amide bonds. The monoisotopic (exact) mass is 378 g/mol. The lowest BCUT2D eigenvalue weighted by atomic mass is 10.2. The minimum atomic E-state index is -0.487. The summed E-state index contributed by atoms with van der Waals surface area (Å²) < 4.78 is 1.71. The molecule has 138 valence electrons. The fourth-order valence-electron chi connectivity index (χ4n) is 3.21. The van der Waals surface area contributed by atoms with Crippen molar-refractivity contribution in [2.75, 3.05) is 31.1 Å². The van der Waals surface area contributed by atoms with E-state index in [1.807, 2.05) is 29.7 Å². The van der Waals surface area contributed by atoms with Crippen molar-refractivity contribution >= 4 is 29.4 Å². The molecule has 1 atom stereocenters. The van der Waals surface area contributed by atoms with Crippen molar-refractivity contribution in [1.29, 1.82) is 0 Å². The van der Waals surface area contributed by atoms with E-state index >= 15 is 0 Å². The second-order valence-electron chi connectivity index (χ2n) is 6.20. The minimum absolute atomic E-state index is 0.114. The summed E-state index contributed by atoms with van der Waals surface area (Å²) in [7, 11) is 0. The van der Waals surface area contributed by atoms with Gasteiger partial charge in [0.15, 0.2) is 12.5 Å². The molecule has 1 unspecified atom stereocenters. The highest BCUT2D eigenvalue weighted by Crippen LogP contribution is 2.29. The number of nitro groups is 1. The van der Waals surface area contributed by atoms with Gasteiger partial charge in [-0.3, -0.25) is 19.8 Å². The van der Waals surface area contributed by atoms with Crippen molar-refractivity contribution in [3.05, 3.63) is 44.9 Å². The number of aromatic nitrogens is 3. The summed E-state index contributed by atoms with van der Waals surface area (Å²) in [5.41, 5.74) is 1.66. The molecule has 10 heteroatoms. The van der Waals surface area contributed by atoms with E-state index < -0.39 is 11.1 Å². The lowest BCUT2D eigenvalue weighted by molar-refractivity contribution is -0.384. The van der Waals surface area contributed by atoms with Crippen molar-refractivity contribution < 1.29 is 9.72 Å². The molecule has 0 saturated carbocycles. The third kappa shape index (κ3) is 3.54. The first-order chi connectivity index (χ1) is 12.4. The van der Waals surface area contributed by atoms with E-state index in [2.05, 4.69) is 10.1 Å². The lowest BCUT2D eigenvalue weighted by Crippen LogP contribution is -2.50. The summed E-state index contributed by atoms with van der Waals surface area (Å²) in [6, 6.07) is 3.23. The highest BCUT2D eigenvalue weighted by molar-refractivity contribution is 6.30. The molecule has 1 aliphatic heterocycles. The average molecular weight is 379 g/mol. The summed E-state index contributed by atoms with van der Waals surface area (Å²) >= 11 is 5.83. The largest absolute Gasteiger partial charge is 0.348 e. The van der Waals surface area contributed by atoms with Crippen molar-refractivity contribution in [2.24, 2.45) is 0 Å². The summed E-state index contributed by atoms with van der Waals surface area (Å²) in [5, 5.41) is 15.9. The standard InChI is InChI=1S/C16H19ClN6O3/c1-11-7-12(2)22(19-11)15(10-24)20-3-5-21(6-4-20)16-14(23(25)26)8-13(17)9-18-16/h7-10,15H,3-6H2,1-2H3. The molecular weight excluding hydrogens is 360 g/mol. The van der Waals surface area contributed by atoms with Crippen LogP contribution >= 0.6 is 11.6 Å². The maximum atomic E-state index is 11.7. The summed E-state index contributed by atoms with van der Waals surface area (Å²) in [6.45, 7) is 5.94. The predicted molar refractivity (Wildman–Crippen MR) is 96.5 cm³/mol. The number of rotatable bonds is 5. The molecule has 26 heavy (non-hydrogen) atoms. The molecule has 9 nitrogen and oxygen atoms in total. The molecule has 0 N–H and O–H groups in total. The van der Waals surface area contributed by atoms with Gasteiger partial charge in [0.2, 0.25) is 5.82 Å². The van der Waals surface area contributed by atoms with E-state index in [1.54, 1.807) is 4.68 Å². The molecule has 3 rings (SSSR count). The van der Waals surface area contributed by atoms with Crippen molar-refractivity contribution in [1.82, 2.24) is 19.7 Å². The Balaban J connectivity index is 1.76. The average Bonchev–Trinajstić information content (AvgIpc) is 2.94. The molecule has 3 heterocycles. The number of carbonyl (C=O) groups is 1. The first kappa shape index (κ1) is 18.3. The molecule has 2 aromatic heterocycles. The normalized spacial score (nSPS) is 16.5. The summed E-state index contributed by atoms with van der Waals surface area (Å²) in [5.74, 6) is 0.299. The van der Waals surface area contributed by atoms with Crippen molar-refractivity contribution in [2.45, 2.75) is 20.0 Å². The molecule has 0 spiro atoms. The molecule has 1 saturated heterocycles. The predicted octanol–water partition coefficient (Wildman–Crippen LogP) is 1.98. The maximum Gasteiger partial charge on any atom is 0.313 e. The van der Waals surface area contributed by atoms with Gasteiger partial charge in [-0.2, -0.15) is 5.10 Å². The van der Waals surface area contributed by atoms with Gasteiger partial charge in [0.25, 0.3) is 0 Å². The Hall–Kier alpha value is -2.52. The van der Waals surface area contributed by atoms with Crippen LogP contribution < -0.4 is 4.90 Å². The quantitative estimate of drug-likeness (QED) is 0.445. The summed E-state index contributed by atoms with van der Waals surface area (Å²) in [6.07, 6.45) is 1.79. The summed E-state index contributed by atoms with van der Waals surface area (Å²) in [4.78, 5) is 30.4. The number of pyridine rings is 1. The number of anilines is 1. The molecule has 0 aliphatic carbocycles. The van der Waals surface area contributed by atoms with Gasteiger partial charge in [0.05, 0.1) is 15.6 Å². The van der Waals surface area contributed by atoms with Crippen LogP contribution in [0.2, 0.25) is 5.02 Å². The van der Waals surface area contributed by atoms with E-state index in [1.165, 1.54) is 12.3 Å². The number of halogens is 1. The van der Waals surface area contributed by atoms with E-state index in [0.29, 0.717) is 32.0 Å². The zero-order valence-corrected chi connectivity index (χ0v) is 15.3. The van der Waals surface area contributed by atoms with Gasteiger partial charge in [-0.15, -0.1) is 0 Å². The Morgan fingerprint density at radius 1 is 1.27 bits per heavy atom. The third-order valence-corrected chi connectivity index (χ3v) is 4.62. The number of aryl methyl sites for hydroxylation is 2. The molecule has 1 fully saturated rings. The Labute approximate surface area is 155 Å². The number of carbonyl (C=O) groups excluding carboxylic acids is 1. The number of hydrogen-bond acceptors (Lipinski definition) is 7. The van der Waals surface area contributed by atoms with Crippen LogP contribution in [-0.4, -0.2) is 57.1 Å². The van der Waals surface area contributed by atoms with Gasteiger partial charge in [0, 0.05) is 44.1 Å². The number of piperazine rings is 1. The Morgan fingerprint density at radius 2 is 1.96 bits per heavy atom. The SMILES string of the molecule is Cc1cc(C)n(C(C=O)N2CCN(c3ncc(Cl)cc3[N+](=O)[O-])CC2)n1. The van der Waals surface area contributed by atoms with Crippen molar-refractivity contribution in [3.8, 4) is 0 Å². The van der Waals surface area contributed by atoms with Crippen LogP contribution in [0, 0.1) is 24.0 Å². The zero-order chi connectivity index (χ0) is 18.8. The fourth-order valence-corrected chi connectivity index (χ4v) is 3.36. The second kappa shape index (κ2) is 7.38. The number of nitrogens with zero attached hydrogens (tertiary/aromatic N) is 6. The van der Waals surface area contributed by atoms with Gasteiger partial charge < -0.3 is 4.90 Å².